The summed E-state index contributed by atoms with van der Waals surface area (Å²) in [6.45, 7) is 5.22. The van der Waals surface area contributed by atoms with E-state index in [4.69, 9.17) is 0 Å². The Morgan fingerprint density at radius 2 is 1.41 bits per heavy atom. The van der Waals surface area contributed by atoms with Crippen molar-refractivity contribution < 1.29 is 13.2 Å². The van der Waals surface area contributed by atoms with Crippen molar-refractivity contribution in [3.63, 3.8) is 0 Å². The van der Waals surface area contributed by atoms with Crippen LogP contribution in [0.15, 0.2) is 41.6 Å². The van der Waals surface area contributed by atoms with Gasteiger partial charge in [0.15, 0.2) is 0 Å². The van der Waals surface area contributed by atoms with E-state index in [9.17, 15) is 13.2 Å². The van der Waals surface area contributed by atoms with E-state index < -0.39 is 10.0 Å². The van der Waals surface area contributed by atoms with Crippen LogP contribution in [0, 0.1) is 0 Å². The van der Waals surface area contributed by atoms with Gasteiger partial charge in [-0.25, -0.2) is 18.4 Å². The molecule has 1 amide bonds. The average molecular weight is 485 g/mol. The van der Waals surface area contributed by atoms with Crippen molar-refractivity contribution in [3.05, 3.63) is 42.2 Å². The van der Waals surface area contributed by atoms with E-state index in [1.165, 1.54) is 0 Å². The van der Waals surface area contributed by atoms with Gasteiger partial charge in [0, 0.05) is 70.4 Å². The first-order valence-corrected chi connectivity index (χ1v) is 13.7. The smallest absolute Gasteiger partial charge is 0.256 e. The minimum Gasteiger partial charge on any atom is -0.371 e. The maximum absolute atomic E-state index is 13.7. The van der Waals surface area contributed by atoms with E-state index in [-0.39, 0.29) is 10.8 Å². The van der Waals surface area contributed by atoms with E-state index >= 15 is 0 Å². The zero-order chi connectivity index (χ0) is 23.5. The van der Waals surface area contributed by atoms with E-state index in [2.05, 4.69) is 19.8 Å². The van der Waals surface area contributed by atoms with Gasteiger partial charge in [0.1, 0.15) is 0 Å². The third kappa shape index (κ3) is 4.61. The number of carbonyl (C=O) groups is 1. The summed E-state index contributed by atoms with van der Waals surface area (Å²) in [4.78, 5) is 28.7. The lowest BCUT2D eigenvalue weighted by molar-refractivity contribution is 0.0746. The van der Waals surface area contributed by atoms with Gasteiger partial charge in [-0.2, -0.15) is 4.31 Å². The van der Waals surface area contributed by atoms with E-state index in [0.717, 1.165) is 50.9 Å². The van der Waals surface area contributed by atoms with Crippen LogP contribution in [-0.2, 0) is 10.0 Å². The monoisotopic (exact) mass is 484 g/mol. The summed E-state index contributed by atoms with van der Waals surface area (Å²) in [6.07, 6.45) is 8.42. The highest BCUT2D eigenvalue weighted by molar-refractivity contribution is 7.89. The Hall–Kier alpha value is -2.72. The summed E-state index contributed by atoms with van der Waals surface area (Å²) >= 11 is 0. The fourth-order valence-electron chi connectivity index (χ4n) is 5.07. The zero-order valence-corrected chi connectivity index (χ0v) is 20.3. The predicted octanol–water partition coefficient (Wildman–Crippen LogP) is 2.21. The Labute approximate surface area is 201 Å². The lowest BCUT2D eigenvalue weighted by Gasteiger charge is -2.35. The molecule has 3 aliphatic heterocycles. The number of amides is 1. The number of hydrogen-bond acceptors (Lipinski definition) is 7. The molecular weight excluding hydrogens is 452 g/mol. The van der Waals surface area contributed by atoms with Crippen molar-refractivity contribution in [1.82, 2.24) is 19.2 Å². The molecule has 3 saturated heterocycles. The van der Waals surface area contributed by atoms with Crippen LogP contribution in [0.5, 0.6) is 0 Å². The number of piperidine rings is 1. The SMILES string of the molecule is O=C(c1cc(S(=O)(=O)N2CCCCC2)ccc1N1CCCC1)N1CCN(c2ncccn2)CC1. The Balaban J connectivity index is 1.40. The summed E-state index contributed by atoms with van der Waals surface area (Å²) in [5.74, 6) is 0.563. The summed E-state index contributed by atoms with van der Waals surface area (Å²) < 4.78 is 28.2. The number of benzene rings is 1. The summed E-state index contributed by atoms with van der Waals surface area (Å²) in [5.41, 5.74) is 1.33. The van der Waals surface area contributed by atoms with Crippen LogP contribution in [0.3, 0.4) is 0 Å². The van der Waals surface area contributed by atoms with Gasteiger partial charge in [-0.05, 0) is 49.9 Å². The second-order valence-electron chi connectivity index (χ2n) is 9.17. The molecule has 3 aliphatic rings. The quantitative estimate of drug-likeness (QED) is 0.643. The number of aromatic nitrogens is 2. The Morgan fingerprint density at radius 1 is 0.765 bits per heavy atom. The molecule has 2 aromatic rings. The molecule has 34 heavy (non-hydrogen) atoms. The highest BCUT2D eigenvalue weighted by Gasteiger charge is 2.31. The highest BCUT2D eigenvalue weighted by Crippen LogP contribution is 2.30. The number of hydrogen-bond donors (Lipinski definition) is 0. The van der Waals surface area contributed by atoms with Crippen molar-refractivity contribution in [2.45, 2.75) is 37.0 Å². The van der Waals surface area contributed by atoms with Gasteiger partial charge < -0.3 is 14.7 Å². The van der Waals surface area contributed by atoms with Gasteiger partial charge in [0.2, 0.25) is 16.0 Å². The van der Waals surface area contributed by atoms with Crippen molar-refractivity contribution in [1.29, 1.82) is 0 Å². The van der Waals surface area contributed by atoms with Gasteiger partial charge in [-0.15, -0.1) is 0 Å². The first-order chi connectivity index (χ1) is 16.5. The van der Waals surface area contributed by atoms with Gasteiger partial charge in [-0.3, -0.25) is 4.79 Å². The molecule has 5 rings (SSSR count). The van der Waals surface area contributed by atoms with E-state index in [1.54, 1.807) is 34.9 Å². The van der Waals surface area contributed by atoms with Gasteiger partial charge >= 0.3 is 0 Å². The number of nitrogens with zero attached hydrogens (tertiary/aromatic N) is 6. The van der Waals surface area contributed by atoms with Crippen LogP contribution >= 0.6 is 0 Å². The van der Waals surface area contributed by atoms with Crippen LogP contribution < -0.4 is 9.80 Å². The molecular formula is C24H32N6O3S. The molecule has 182 valence electrons. The van der Waals surface area contributed by atoms with Crippen molar-refractivity contribution in [3.8, 4) is 0 Å². The molecule has 0 N–H and O–H groups in total. The highest BCUT2D eigenvalue weighted by atomic mass is 32.2. The standard InChI is InChI=1S/C24H32N6O3S/c31-23(28-15-17-29(18-16-28)24-25-9-6-10-26-24)21-19-20(7-8-22(21)27-11-4-5-12-27)34(32,33)30-13-2-1-3-14-30/h6-10,19H,1-5,11-18H2. The molecule has 0 atom stereocenters. The third-order valence-electron chi connectivity index (χ3n) is 7.00. The molecule has 0 aliphatic carbocycles. The fourth-order valence-corrected chi connectivity index (χ4v) is 6.61. The molecule has 1 aromatic carbocycles. The number of piperazine rings is 1. The van der Waals surface area contributed by atoms with Gasteiger partial charge in [0.05, 0.1) is 10.5 Å². The Bertz CT molecular complexity index is 1110. The number of anilines is 2. The predicted molar refractivity (Wildman–Crippen MR) is 131 cm³/mol. The van der Waals surface area contributed by atoms with Crippen molar-refractivity contribution in [2.24, 2.45) is 0 Å². The van der Waals surface area contributed by atoms with Crippen LogP contribution in [0.2, 0.25) is 0 Å². The van der Waals surface area contributed by atoms with Gasteiger partial charge in [-0.1, -0.05) is 6.42 Å². The molecule has 4 heterocycles. The first kappa shape index (κ1) is 23.0. The lowest BCUT2D eigenvalue weighted by Crippen LogP contribution is -2.49. The molecule has 0 unspecified atom stereocenters. The lowest BCUT2D eigenvalue weighted by atomic mass is 10.1. The second kappa shape index (κ2) is 9.87. The molecule has 10 heteroatoms. The normalized spacial score (nSPS) is 20.1. The molecule has 9 nitrogen and oxygen atoms in total. The van der Waals surface area contributed by atoms with E-state index in [1.807, 2.05) is 11.0 Å². The van der Waals surface area contributed by atoms with Gasteiger partial charge in [0.25, 0.3) is 5.91 Å². The Kier molecular flexibility index (Phi) is 6.69. The van der Waals surface area contributed by atoms with Crippen LogP contribution in [0.25, 0.3) is 0 Å². The number of rotatable bonds is 5. The molecule has 3 fully saturated rings. The number of sulfonamides is 1. The zero-order valence-electron chi connectivity index (χ0n) is 19.5. The minimum atomic E-state index is -3.61. The minimum absolute atomic E-state index is 0.105. The maximum atomic E-state index is 13.7. The molecule has 0 saturated carbocycles. The molecule has 1 aromatic heterocycles. The summed E-state index contributed by atoms with van der Waals surface area (Å²) in [6, 6.07) is 6.92. The maximum Gasteiger partial charge on any atom is 0.256 e. The summed E-state index contributed by atoms with van der Waals surface area (Å²) in [5, 5.41) is 0. The largest absolute Gasteiger partial charge is 0.371 e. The van der Waals surface area contributed by atoms with Crippen LogP contribution in [0.4, 0.5) is 11.6 Å². The first-order valence-electron chi connectivity index (χ1n) is 12.2. The molecule has 0 bridgehead atoms. The second-order valence-corrected chi connectivity index (χ2v) is 11.1. The van der Waals surface area contributed by atoms with Crippen LogP contribution in [0.1, 0.15) is 42.5 Å². The van der Waals surface area contributed by atoms with Crippen LogP contribution in [-0.4, -0.2) is 85.9 Å². The average Bonchev–Trinajstić information content (AvgIpc) is 3.44. The van der Waals surface area contributed by atoms with E-state index in [0.29, 0.717) is 50.8 Å². The molecule has 0 radical (unpaired) electrons. The topological polar surface area (TPSA) is 90.0 Å². The van der Waals surface area contributed by atoms with Crippen molar-refractivity contribution in [2.75, 3.05) is 62.2 Å². The summed E-state index contributed by atoms with van der Waals surface area (Å²) in [7, 11) is -3.61. The Morgan fingerprint density at radius 3 is 2.09 bits per heavy atom. The fraction of sp³-hybridized carbons (Fsp3) is 0.542. The molecule has 0 spiro atoms. The third-order valence-corrected chi connectivity index (χ3v) is 8.89. The number of carbonyl (C=O) groups excluding carboxylic acids is 1. The van der Waals surface area contributed by atoms with Crippen molar-refractivity contribution >= 4 is 27.6 Å².